The molecule has 0 fully saturated rings. The van der Waals surface area contributed by atoms with Gasteiger partial charge in [0.05, 0.1) is 0 Å². The maximum absolute atomic E-state index is 8.98. The van der Waals surface area contributed by atoms with Gasteiger partial charge >= 0.3 is 0 Å². The second-order valence-corrected chi connectivity index (χ2v) is 6.59. The molecule has 0 radical (unpaired) electrons. The number of rotatable bonds is 14. The molecule has 2 unspecified atom stereocenters. The van der Waals surface area contributed by atoms with E-state index in [2.05, 4.69) is 20.8 Å². The van der Waals surface area contributed by atoms with Gasteiger partial charge in [0.25, 0.3) is 0 Å². The van der Waals surface area contributed by atoms with E-state index >= 15 is 0 Å². The minimum atomic E-state index is 0.354. The van der Waals surface area contributed by atoms with Crippen molar-refractivity contribution in [2.75, 3.05) is 6.61 Å². The van der Waals surface area contributed by atoms with Gasteiger partial charge in [0.2, 0.25) is 0 Å². The molecule has 0 aromatic carbocycles. The molecular formula is C18H38O. The summed E-state index contributed by atoms with van der Waals surface area (Å²) in [7, 11) is 0. The Balaban J connectivity index is 3.18. The molecule has 0 aliphatic carbocycles. The van der Waals surface area contributed by atoms with Crippen LogP contribution in [0.4, 0.5) is 0 Å². The molecule has 0 bridgehead atoms. The van der Waals surface area contributed by atoms with Crippen molar-refractivity contribution in [2.24, 2.45) is 11.8 Å². The van der Waals surface area contributed by atoms with Crippen LogP contribution in [-0.2, 0) is 0 Å². The highest BCUT2D eigenvalue weighted by Crippen LogP contribution is 2.18. The van der Waals surface area contributed by atoms with Crippen LogP contribution in [0.5, 0.6) is 0 Å². The highest BCUT2D eigenvalue weighted by molar-refractivity contribution is 4.57. The summed E-state index contributed by atoms with van der Waals surface area (Å²) in [6, 6.07) is 0. The minimum Gasteiger partial charge on any atom is -0.396 e. The first-order valence-electron chi connectivity index (χ1n) is 8.81. The van der Waals surface area contributed by atoms with Crippen LogP contribution in [0.1, 0.15) is 97.8 Å². The molecule has 0 rings (SSSR count). The molecule has 1 nitrogen and oxygen atoms in total. The summed E-state index contributed by atoms with van der Waals surface area (Å²) < 4.78 is 0. The Bertz CT molecular complexity index is 167. The van der Waals surface area contributed by atoms with Crippen LogP contribution in [0.2, 0.25) is 0 Å². The molecule has 2 atom stereocenters. The van der Waals surface area contributed by atoms with E-state index in [1.807, 2.05) is 0 Å². The average Bonchev–Trinajstić information content (AvgIpc) is 2.41. The fraction of sp³-hybridized carbons (Fsp3) is 1.00. The first-order chi connectivity index (χ1) is 9.20. The third kappa shape index (κ3) is 14.2. The second kappa shape index (κ2) is 14.4. The van der Waals surface area contributed by atoms with E-state index in [1.165, 1.54) is 77.0 Å². The minimum absolute atomic E-state index is 0.354. The zero-order valence-electron chi connectivity index (χ0n) is 13.8. The first-order valence-corrected chi connectivity index (χ1v) is 8.81. The predicted octanol–water partition coefficient (Wildman–Crippen LogP) is 5.95. The Hall–Kier alpha value is -0.0400. The highest BCUT2D eigenvalue weighted by atomic mass is 16.3. The number of hydrogen-bond donors (Lipinski definition) is 1. The van der Waals surface area contributed by atoms with E-state index in [4.69, 9.17) is 5.11 Å². The molecule has 0 heterocycles. The van der Waals surface area contributed by atoms with E-state index in [0.717, 1.165) is 5.92 Å². The zero-order chi connectivity index (χ0) is 14.3. The van der Waals surface area contributed by atoms with Crippen molar-refractivity contribution in [3.63, 3.8) is 0 Å². The van der Waals surface area contributed by atoms with Gasteiger partial charge in [-0.15, -0.1) is 0 Å². The van der Waals surface area contributed by atoms with Gasteiger partial charge in [0, 0.05) is 6.61 Å². The van der Waals surface area contributed by atoms with Crippen molar-refractivity contribution in [1.82, 2.24) is 0 Å². The van der Waals surface area contributed by atoms with Gasteiger partial charge in [-0.25, -0.2) is 0 Å². The molecule has 0 saturated heterocycles. The van der Waals surface area contributed by atoms with Crippen molar-refractivity contribution >= 4 is 0 Å². The van der Waals surface area contributed by atoms with Crippen LogP contribution in [-0.4, -0.2) is 11.7 Å². The number of aliphatic hydroxyl groups excluding tert-OH is 1. The standard InChI is InChI=1S/C18H38O/c1-4-5-6-7-8-9-10-11-13-17(2)14-12-15-18(3)16-19/h17-19H,4-16H2,1-3H3. The van der Waals surface area contributed by atoms with E-state index in [9.17, 15) is 0 Å². The van der Waals surface area contributed by atoms with Crippen molar-refractivity contribution in [3.8, 4) is 0 Å². The lowest BCUT2D eigenvalue weighted by molar-refractivity contribution is 0.225. The summed E-state index contributed by atoms with van der Waals surface area (Å²) in [5.41, 5.74) is 0. The Morgan fingerprint density at radius 2 is 1.11 bits per heavy atom. The number of aliphatic hydroxyl groups is 1. The highest BCUT2D eigenvalue weighted by Gasteiger charge is 2.04. The quantitative estimate of drug-likeness (QED) is 0.387. The molecule has 0 spiro atoms. The SMILES string of the molecule is CCCCCCCCCCC(C)CCCC(C)CO. The van der Waals surface area contributed by atoms with Crippen LogP contribution in [0.15, 0.2) is 0 Å². The van der Waals surface area contributed by atoms with E-state index in [-0.39, 0.29) is 0 Å². The van der Waals surface area contributed by atoms with Crippen LogP contribution in [0, 0.1) is 11.8 Å². The maximum atomic E-state index is 8.98. The molecule has 1 N–H and O–H groups in total. The van der Waals surface area contributed by atoms with Gasteiger partial charge < -0.3 is 5.11 Å². The van der Waals surface area contributed by atoms with Gasteiger partial charge in [-0.2, -0.15) is 0 Å². The smallest absolute Gasteiger partial charge is 0.0456 e. The summed E-state index contributed by atoms with van der Waals surface area (Å²) in [5.74, 6) is 1.38. The summed E-state index contributed by atoms with van der Waals surface area (Å²) in [4.78, 5) is 0. The van der Waals surface area contributed by atoms with Gasteiger partial charge in [-0.1, -0.05) is 91.4 Å². The van der Waals surface area contributed by atoms with Crippen LogP contribution < -0.4 is 0 Å². The third-order valence-electron chi connectivity index (χ3n) is 4.26. The topological polar surface area (TPSA) is 20.2 Å². The molecule has 19 heavy (non-hydrogen) atoms. The summed E-state index contributed by atoms with van der Waals surface area (Å²) in [6.45, 7) is 7.17. The van der Waals surface area contributed by atoms with E-state index in [1.54, 1.807) is 0 Å². The molecule has 0 aliphatic rings. The largest absolute Gasteiger partial charge is 0.396 e. The Morgan fingerprint density at radius 1 is 0.632 bits per heavy atom. The normalized spacial score (nSPS) is 14.5. The Kier molecular flexibility index (Phi) is 14.3. The van der Waals surface area contributed by atoms with E-state index in [0.29, 0.717) is 12.5 Å². The van der Waals surface area contributed by atoms with Crippen molar-refractivity contribution < 1.29 is 5.11 Å². The first kappa shape index (κ1) is 19.0. The number of unbranched alkanes of at least 4 members (excludes halogenated alkanes) is 7. The number of hydrogen-bond acceptors (Lipinski definition) is 1. The Labute approximate surface area is 122 Å². The molecule has 0 amide bonds. The predicted molar refractivity (Wildman–Crippen MR) is 86.5 cm³/mol. The van der Waals surface area contributed by atoms with Crippen molar-refractivity contribution in [3.05, 3.63) is 0 Å². The maximum Gasteiger partial charge on any atom is 0.0456 e. The molecular weight excluding hydrogens is 232 g/mol. The van der Waals surface area contributed by atoms with Crippen LogP contribution in [0.25, 0.3) is 0 Å². The van der Waals surface area contributed by atoms with Gasteiger partial charge in [-0.3, -0.25) is 0 Å². The second-order valence-electron chi connectivity index (χ2n) is 6.59. The fourth-order valence-corrected chi connectivity index (χ4v) is 2.68. The lowest BCUT2D eigenvalue weighted by Crippen LogP contribution is -2.02. The molecule has 0 aliphatic heterocycles. The lowest BCUT2D eigenvalue weighted by Gasteiger charge is -2.12. The van der Waals surface area contributed by atoms with Gasteiger partial charge in [0.15, 0.2) is 0 Å². The molecule has 0 aromatic rings. The molecule has 1 heteroatoms. The Morgan fingerprint density at radius 3 is 1.68 bits per heavy atom. The molecule has 116 valence electrons. The van der Waals surface area contributed by atoms with E-state index < -0.39 is 0 Å². The zero-order valence-corrected chi connectivity index (χ0v) is 13.8. The van der Waals surface area contributed by atoms with Crippen LogP contribution in [0.3, 0.4) is 0 Å². The molecule has 0 saturated carbocycles. The average molecular weight is 271 g/mol. The summed E-state index contributed by atoms with van der Waals surface area (Å²) >= 11 is 0. The molecule has 0 aromatic heterocycles. The summed E-state index contributed by atoms with van der Waals surface area (Å²) in [6.07, 6.45) is 16.6. The van der Waals surface area contributed by atoms with Crippen molar-refractivity contribution in [2.45, 2.75) is 97.8 Å². The third-order valence-corrected chi connectivity index (χ3v) is 4.26. The van der Waals surface area contributed by atoms with Gasteiger partial charge in [-0.05, 0) is 18.3 Å². The van der Waals surface area contributed by atoms with Crippen LogP contribution >= 0.6 is 0 Å². The van der Waals surface area contributed by atoms with Crippen molar-refractivity contribution in [1.29, 1.82) is 0 Å². The summed E-state index contributed by atoms with van der Waals surface area (Å²) in [5, 5.41) is 8.98. The fourth-order valence-electron chi connectivity index (χ4n) is 2.68. The van der Waals surface area contributed by atoms with Gasteiger partial charge in [0.1, 0.15) is 0 Å². The lowest BCUT2D eigenvalue weighted by atomic mass is 9.94. The monoisotopic (exact) mass is 270 g/mol.